The second-order valence-corrected chi connectivity index (χ2v) is 4.05. The molecule has 56 valence electrons. The number of rotatable bonds is 5. The zero-order valence-corrected chi connectivity index (χ0v) is 7.60. The van der Waals surface area contributed by atoms with Gasteiger partial charge in [0, 0.05) is 17.3 Å². The summed E-state index contributed by atoms with van der Waals surface area (Å²) in [6.45, 7) is 1.83. The number of hydrogen-bond acceptors (Lipinski definition) is 3. The van der Waals surface area contributed by atoms with Crippen LogP contribution >= 0.6 is 23.5 Å². The maximum Gasteiger partial charge on any atom is 0.0602 e. The van der Waals surface area contributed by atoms with Crippen LogP contribution in [-0.2, 0) is 0 Å². The van der Waals surface area contributed by atoms with Crippen LogP contribution in [0.2, 0.25) is 0 Å². The highest BCUT2D eigenvalue weighted by Crippen LogP contribution is 2.05. The maximum absolute atomic E-state index is 8.82. The molecule has 1 atom stereocenters. The lowest BCUT2D eigenvalue weighted by molar-refractivity contribution is 0.220. The lowest BCUT2D eigenvalue weighted by Gasteiger charge is -2.01. The van der Waals surface area contributed by atoms with Crippen LogP contribution in [-0.4, -0.2) is 34.7 Å². The fourth-order valence-electron chi connectivity index (χ4n) is 0.396. The minimum absolute atomic E-state index is 0.142. The predicted octanol–water partition coefficient (Wildman–Crippen LogP) is 1.46. The second-order valence-electron chi connectivity index (χ2n) is 1.92. The summed E-state index contributed by atoms with van der Waals surface area (Å²) in [4.78, 5) is 0. The fraction of sp³-hybridized carbons (Fsp3) is 1.00. The Morgan fingerprint density at radius 1 is 1.44 bits per heavy atom. The Kier molecular flexibility index (Phi) is 7.27. The molecule has 0 heterocycles. The van der Waals surface area contributed by atoms with Crippen LogP contribution in [0, 0.1) is 0 Å². The van der Waals surface area contributed by atoms with Crippen LogP contribution in [0.3, 0.4) is 0 Å². The van der Waals surface area contributed by atoms with Gasteiger partial charge in [-0.2, -0.15) is 23.5 Å². The molecule has 0 aliphatic carbocycles. The summed E-state index contributed by atoms with van der Waals surface area (Å²) in [5.74, 6) is 3.23. The van der Waals surface area contributed by atoms with Gasteiger partial charge in [-0.25, -0.2) is 0 Å². The van der Waals surface area contributed by atoms with E-state index in [9.17, 15) is 0 Å². The van der Waals surface area contributed by atoms with Crippen molar-refractivity contribution in [2.45, 2.75) is 13.0 Å². The van der Waals surface area contributed by atoms with E-state index < -0.39 is 0 Å². The Morgan fingerprint density at radius 3 is 2.56 bits per heavy atom. The summed E-state index contributed by atoms with van der Waals surface area (Å²) < 4.78 is 0. The van der Waals surface area contributed by atoms with Crippen LogP contribution in [0.15, 0.2) is 0 Å². The van der Waals surface area contributed by atoms with E-state index in [0.717, 1.165) is 11.5 Å². The molecule has 0 bridgehead atoms. The molecular formula is C6H14OS2. The lowest BCUT2D eigenvalue weighted by atomic mass is 10.5. The highest BCUT2D eigenvalue weighted by molar-refractivity contribution is 8.02. The smallest absolute Gasteiger partial charge is 0.0602 e. The molecule has 0 aromatic rings. The third kappa shape index (κ3) is 8.66. The molecule has 1 nitrogen and oxygen atoms in total. The van der Waals surface area contributed by atoms with Crippen molar-refractivity contribution in [3.05, 3.63) is 0 Å². The van der Waals surface area contributed by atoms with Crippen molar-refractivity contribution in [1.82, 2.24) is 0 Å². The monoisotopic (exact) mass is 166 g/mol. The van der Waals surface area contributed by atoms with Crippen molar-refractivity contribution >= 4 is 23.5 Å². The molecule has 0 saturated carbocycles. The first-order valence-electron chi connectivity index (χ1n) is 3.02. The zero-order chi connectivity index (χ0) is 7.11. The van der Waals surface area contributed by atoms with Crippen molar-refractivity contribution in [3.63, 3.8) is 0 Å². The number of thioether (sulfide) groups is 2. The van der Waals surface area contributed by atoms with Crippen molar-refractivity contribution < 1.29 is 5.11 Å². The van der Waals surface area contributed by atoms with Gasteiger partial charge in [0.1, 0.15) is 0 Å². The number of aliphatic hydroxyl groups excluding tert-OH is 1. The van der Waals surface area contributed by atoms with Gasteiger partial charge in [-0.15, -0.1) is 0 Å². The first-order chi connectivity index (χ1) is 4.27. The number of aliphatic hydroxyl groups is 1. The molecule has 3 heteroatoms. The Hall–Kier alpha value is 0.660. The van der Waals surface area contributed by atoms with Crippen molar-refractivity contribution in [3.8, 4) is 0 Å². The molecular weight excluding hydrogens is 152 g/mol. The average molecular weight is 166 g/mol. The van der Waals surface area contributed by atoms with Gasteiger partial charge in [-0.3, -0.25) is 0 Å². The molecule has 0 aliphatic heterocycles. The molecule has 0 aromatic heterocycles. The van der Waals surface area contributed by atoms with Crippen LogP contribution in [0.4, 0.5) is 0 Å². The largest absolute Gasteiger partial charge is 0.393 e. The first-order valence-corrected chi connectivity index (χ1v) is 5.57. The molecule has 0 radical (unpaired) electrons. The first kappa shape index (κ1) is 9.66. The normalized spacial score (nSPS) is 13.7. The van der Waals surface area contributed by atoms with E-state index in [4.69, 9.17) is 5.11 Å². The third-order valence-corrected chi connectivity index (χ3v) is 2.87. The summed E-state index contributed by atoms with van der Waals surface area (Å²) >= 11 is 3.67. The second kappa shape index (κ2) is 6.78. The molecule has 0 saturated heterocycles. The van der Waals surface area contributed by atoms with E-state index in [-0.39, 0.29) is 6.10 Å². The zero-order valence-electron chi connectivity index (χ0n) is 5.96. The fourth-order valence-corrected chi connectivity index (χ4v) is 2.04. The van der Waals surface area contributed by atoms with Crippen LogP contribution in [0.1, 0.15) is 6.92 Å². The molecule has 0 fully saturated rings. The quantitative estimate of drug-likeness (QED) is 0.625. The summed E-state index contributed by atoms with van der Waals surface area (Å²) in [6.07, 6.45) is 1.96. The van der Waals surface area contributed by atoms with Gasteiger partial charge >= 0.3 is 0 Å². The van der Waals surface area contributed by atoms with Gasteiger partial charge < -0.3 is 5.11 Å². The minimum atomic E-state index is -0.142. The van der Waals surface area contributed by atoms with Gasteiger partial charge in [-0.05, 0) is 13.2 Å². The minimum Gasteiger partial charge on any atom is -0.393 e. The van der Waals surface area contributed by atoms with Gasteiger partial charge in [-0.1, -0.05) is 0 Å². The van der Waals surface area contributed by atoms with Crippen LogP contribution in [0.5, 0.6) is 0 Å². The molecule has 0 aliphatic rings. The van der Waals surface area contributed by atoms with E-state index in [0.29, 0.717) is 0 Å². The van der Waals surface area contributed by atoms with E-state index in [1.54, 1.807) is 0 Å². The maximum atomic E-state index is 8.82. The Labute approximate surface area is 65.6 Å². The lowest BCUT2D eigenvalue weighted by Crippen LogP contribution is -2.03. The van der Waals surface area contributed by atoms with Gasteiger partial charge in [0.05, 0.1) is 6.10 Å². The molecule has 9 heavy (non-hydrogen) atoms. The van der Waals surface area contributed by atoms with Gasteiger partial charge in [0.25, 0.3) is 0 Å². The summed E-state index contributed by atoms with van der Waals surface area (Å²) in [5, 5.41) is 8.82. The molecule has 1 N–H and O–H groups in total. The highest BCUT2D eigenvalue weighted by Gasteiger charge is 1.93. The van der Waals surface area contributed by atoms with E-state index in [1.165, 1.54) is 5.75 Å². The molecule has 0 spiro atoms. The van der Waals surface area contributed by atoms with E-state index in [2.05, 4.69) is 6.26 Å². The molecule has 0 amide bonds. The topological polar surface area (TPSA) is 20.2 Å². The SMILES string of the molecule is CSCCSC[C@@H](C)O. The van der Waals surface area contributed by atoms with Crippen molar-refractivity contribution in [1.29, 1.82) is 0 Å². The van der Waals surface area contributed by atoms with E-state index in [1.807, 2.05) is 30.4 Å². The highest BCUT2D eigenvalue weighted by atomic mass is 32.2. The predicted molar refractivity (Wildman–Crippen MR) is 47.4 cm³/mol. The average Bonchev–Trinajstić information content (AvgIpc) is 1.80. The standard InChI is InChI=1S/C6H14OS2/c1-6(7)5-9-4-3-8-2/h6-7H,3-5H2,1-2H3/t6-/m1/s1. The Balaban J connectivity index is 2.75. The Morgan fingerprint density at radius 2 is 2.11 bits per heavy atom. The summed E-state index contributed by atoms with van der Waals surface area (Å²) in [5.41, 5.74) is 0. The van der Waals surface area contributed by atoms with Crippen LogP contribution < -0.4 is 0 Å². The van der Waals surface area contributed by atoms with Crippen molar-refractivity contribution in [2.24, 2.45) is 0 Å². The summed E-state index contributed by atoms with van der Waals surface area (Å²) in [6, 6.07) is 0. The van der Waals surface area contributed by atoms with Gasteiger partial charge in [0.2, 0.25) is 0 Å². The van der Waals surface area contributed by atoms with Crippen molar-refractivity contribution in [2.75, 3.05) is 23.5 Å². The third-order valence-electron chi connectivity index (χ3n) is 0.791. The van der Waals surface area contributed by atoms with E-state index >= 15 is 0 Å². The van der Waals surface area contributed by atoms with Gasteiger partial charge in [0.15, 0.2) is 0 Å². The summed E-state index contributed by atoms with van der Waals surface area (Å²) in [7, 11) is 0. The van der Waals surface area contributed by atoms with Crippen LogP contribution in [0.25, 0.3) is 0 Å². The molecule has 0 rings (SSSR count). The molecule has 0 aromatic carbocycles. The molecule has 0 unspecified atom stereocenters. The Bertz CT molecular complexity index is 57.0. The number of hydrogen-bond donors (Lipinski definition) is 1.